The van der Waals surface area contributed by atoms with E-state index in [1.54, 1.807) is 6.20 Å². The first-order chi connectivity index (χ1) is 8.23. The summed E-state index contributed by atoms with van der Waals surface area (Å²) >= 11 is 0. The Kier molecular flexibility index (Phi) is 3.77. The summed E-state index contributed by atoms with van der Waals surface area (Å²) in [7, 11) is 0. The predicted octanol–water partition coefficient (Wildman–Crippen LogP) is 2.45. The zero-order valence-corrected chi connectivity index (χ0v) is 10.2. The smallest absolute Gasteiger partial charge is 0.223 e. The van der Waals surface area contributed by atoms with E-state index in [0.29, 0.717) is 0 Å². The van der Waals surface area contributed by atoms with Gasteiger partial charge in [-0.3, -0.25) is 9.78 Å². The normalized spacial score (nSPS) is 19.5. The van der Waals surface area contributed by atoms with Crippen molar-refractivity contribution >= 4 is 5.91 Å². The van der Waals surface area contributed by atoms with Crippen molar-refractivity contribution in [3.8, 4) is 0 Å². The Labute approximate surface area is 102 Å². The molecule has 17 heavy (non-hydrogen) atoms. The monoisotopic (exact) mass is 232 g/mol. The topological polar surface area (TPSA) is 56.0 Å². The number of nitrogens with zero attached hydrogens (tertiary/aromatic N) is 1. The highest BCUT2D eigenvalue weighted by atomic mass is 16.1. The third kappa shape index (κ3) is 2.84. The van der Waals surface area contributed by atoms with Crippen LogP contribution in [0.1, 0.15) is 44.1 Å². The third-order valence-electron chi connectivity index (χ3n) is 3.85. The molecule has 0 bridgehead atoms. The Bertz CT molecular complexity index is 367. The van der Waals surface area contributed by atoms with Crippen molar-refractivity contribution in [1.82, 2.24) is 4.98 Å². The van der Waals surface area contributed by atoms with Gasteiger partial charge in [0.2, 0.25) is 5.91 Å². The fourth-order valence-corrected chi connectivity index (χ4v) is 2.81. The summed E-state index contributed by atoms with van der Waals surface area (Å²) in [5.41, 5.74) is 6.45. The maximum Gasteiger partial charge on any atom is 0.223 e. The van der Waals surface area contributed by atoms with Crippen LogP contribution >= 0.6 is 0 Å². The van der Waals surface area contributed by atoms with Gasteiger partial charge in [-0.1, -0.05) is 31.7 Å². The van der Waals surface area contributed by atoms with Crippen LogP contribution in [0.15, 0.2) is 24.5 Å². The highest BCUT2D eigenvalue weighted by Gasteiger charge is 2.36. The Morgan fingerprint density at radius 3 is 2.53 bits per heavy atom. The van der Waals surface area contributed by atoms with Gasteiger partial charge in [0.05, 0.1) is 5.41 Å². The predicted molar refractivity (Wildman–Crippen MR) is 67.3 cm³/mol. The molecule has 0 spiro atoms. The van der Waals surface area contributed by atoms with Crippen LogP contribution in [0, 0.1) is 5.41 Å². The van der Waals surface area contributed by atoms with Gasteiger partial charge >= 0.3 is 0 Å². The van der Waals surface area contributed by atoms with Crippen molar-refractivity contribution in [2.24, 2.45) is 11.1 Å². The van der Waals surface area contributed by atoms with E-state index < -0.39 is 0 Å². The van der Waals surface area contributed by atoms with Crippen molar-refractivity contribution in [3.05, 3.63) is 30.1 Å². The van der Waals surface area contributed by atoms with E-state index in [1.165, 1.54) is 12.8 Å². The summed E-state index contributed by atoms with van der Waals surface area (Å²) in [5, 5.41) is 0. The standard InChI is InChI=1S/C14H20N2O/c15-13(17)14(7-3-1-2-4-8-14)10-12-6-5-9-16-11-12/h5-6,9,11H,1-4,7-8,10H2,(H2,15,17). The first-order valence-corrected chi connectivity index (χ1v) is 6.42. The van der Waals surface area contributed by atoms with Gasteiger partial charge in [-0.2, -0.15) is 0 Å². The highest BCUT2D eigenvalue weighted by Crippen LogP contribution is 2.37. The molecule has 1 aliphatic carbocycles. The average molecular weight is 232 g/mol. The lowest BCUT2D eigenvalue weighted by molar-refractivity contribution is -0.128. The molecular weight excluding hydrogens is 212 g/mol. The van der Waals surface area contributed by atoms with Crippen LogP contribution in [0.3, 0.4) is 0 Å². The first kappa shape index (κ1) is 12.1. The minimum Gasteiger partial charge on any atom is -0.369 e. The van der Waals surface area contributed by atoms with E-state index in [1.807, 2.05) is 18.3 Å². The summed E-state index contributed by atoms with van der Waals surface area (Å²) in [6.45, 7) is 0. The number of nitrogens with two attached hydrogens (primary N) is 1. The van der Waals surface area contributed by atoms with Crippen molar-refractivity contribution in [2.75, 3.05) is 0 Å². The Hall–Kier alpha value is -1.38. The van der Waals surface area contributed by atoms with Crippen molar-refractivity contribution in [3.63, 3.8) is 0 Å². The molecular formula is C14H20N2O. The number of amides is 1. The second kappa shape index (κ2) is 5.30. The van der Waals surface area contributed by atoms with Gasteiger partial charge in [0, 0.05) is 12.4 Å². The molecule has 2 rings (SSSR count). The zero-order chi connectivity index (χ0) is 12.1. The van der Waals surface area contributed by atoms with E-state index in [9.17, 15) is 4.79 Å². The summed E-state index contributed by atoms with van der Waals surface area (Å²) < 4.78 is 0. The number of pyridine rings is 1. The molecule has 1 fully saturated rings. The third-order valence-corrected chi connectivity index (χ3v) is 3.85. The molecule has 1 aromatic heterocycles. The molecule has 0 saturated heterocycles. The number of rotatable bonds is 3. The van der Waals surface area contributed by atoms with Crippen LogP contribution < -0.4 is 5.73 Å². The molecule has 0 aliphatic heterocycles. The van der Waals surface area contributed by atoms with E-state index in [0.717, 1.165) is 37.7 Å². The van der Waals surface area contributed by atoms with Gasteiger partial charge in [-0.05, 0) is 30.9 Å². The lowest BCUT2D eigenvalue weighted by Crippen LogP contribution is -2.38. The molecule has 1 aromatic rings. The van der Waals surface area contributed by atoms with Crippen LogP contribution in [-0.4, -0.2) is 10.9 Å². The van der Waals surface area contributed by atoms with Crippen LogP contribution in [0.2, 0.25) is 0 Å². The van der Waals surface area contributed by atoms with Gasteiger partial charge in [0.15, 0.2) is 0 Å². The Morgan fingerprint density at radius 1 is 1.29 bits per heavy atom. The van der Waals surface area contributed by atoms with E-state index in [2.05, 4.69) is 4.98 Å². The van der Waals surface area contributed by atoms with Crippen LogP contribution in [0.25, 0.3) is 0 Å². The number of hydrogen-bond acceptors (Lipinski definition) is 2. The van der Waals surface area contributed by atoms with Crippen molar-refractivity contribution in [2.45, 2.75) is 44.9 Å². The maximum atomic E-state index is 11.8. The summed E-state index contributed by atoms with van der Waals surface area (Å²) in [6, 6.07) is 3.95. The zero-order valence-electron chi connectivity index (χ0n) is 10.2. The molecule has 1 heterocycles. The number of carbonyl (C=O) groups is 1. The second-order valence-corrected chi connectivity index (χ2v) is 5.10. The number of hydrogen-bond donors (Lipinski definition) is 1. The van der Waals surface area contributed by atoms with Crippen molar-refractivity contribution in [1.29, 1.82) is 0 Å². The first-order valence-electron chi connectivity index (χ1n) is 6.42. The minimum absolute atomic E-state index is 0.136. The minimum atomic E-state index is -0.334. The van der Waals surface area contributed by atoms with E-state index in [4.69, 9.17) is 5.73 Å². The fraction of sp³-hybridized carbons (Fsp3) is 0.571. The molecule has 0 radical (unpaired) electrons. The molecule has 1 aliphatic rings. The van der Waals surface area contributed by atoms with Gasteiger partial charge in [-0.15, -0.1) is 0 Å². The summed E-state index contributed by atoms with van der Waals surface area (Å²) in [4.78, 5) is 15.9. The van der Waals surface area contributed by atoms with E-state index >= 15 is 0 Å². The quantitative estimate of drug-likeness (QED) is 0.814. The highest BCUT2D eigenvalue weighted by molar-refractivity contribution is 5.81. The van der Waals surface area contributed by atoms with Gasteiger partial charge in [0.1, 0.15) is 0 Å². The molecule has 0 aromatic carbocycles. The van der Waals surface area contributed by atoms with E-state index in [-0.39, 0.29) is 11.3 Å². The molecule has 0 atom stereocenters. The second-order valence-electron chi connectivity index (χ2n) is 5.10. The molecule has 3 heteroatoms. The van der Waals surface area contributed by atoms with Crippen LogP contribution in [-0.2, 0) is 11.2 Å². The molecule has 92 valence electrons. The van der Waals surface area contributed by atoms with Gasteiger partial charge < -0.3 is 5.73 Å². The average Bonchev–Trinajstić information content (AvgIpc) is 2.57. The SMILES string of the molecule is NC(=O)C1(Cc2cccnc2)CCCCCC1. The van der Waals surface area contributed by atoms with Crippen molar-refractivity contribution < 1.29 is 4.79 Å². The Morgan fingerprint density at radius 2 is 2.00 bits per heavy atom. The van der Waals surface area contributed by atoms with Crippen LogP contribution in [0.5, 0.6) is 0 Å². The largest absolute Gasteiger partial charge is 0.369 e. The number of primary amides is 1. The number of carbonyl (C=O) groups excluding carboxylic acids is 1. The fourth-order valence-electron chi connectivity index (χ4n) is 2.81. The van der Waals surface area contributed by atoms with Gasteiger partial charge in [0.25, 0.3) is 0 Å². The summed E-state index contributed by atoms with van der Waals surface area (Å²) in [6.07, 6.45) is 10.9. The molecule has 0 unspecified atom stereocenters. The lowest BCUT2D eigenvalue weighted by Gasteiger charge is -2.29. The number of aromatic nitrogens is 1. The molecule has 1 saturated carbocycles. The lowest BCUT2D eigenvalue weighted by atomic mass is 9.75. The van der Waals surface area contributed by atoms with Gasteiger partial charge in [-0.25, -0.2) is 0 Å². The molecule has 2 N–H and O–H groups in total. The maximum absolute atomic E-state index is 11.8. The molecule has 3 nitrogen and oxygen atoms in total. The Balaban J connectivity index is 2.19. The molecule has 1 amide bonds. The summed E-state index contributed by atoms with van der Waals surface area (Å²) in [5.74, 6) is -0.136. The van der Waals surface area contributed by atoms with Crippen LogP contribution in [0.4, 0.5) is 0 Å².